The first-order valence-electron chi connectivity index (χ1n) is 4.46. The fourth-order valence-electron chi connectivity index (χ4n) is 1.44. The normalized spacial score (nSPS) is 21.1. The molecular weight excluding hydrogens is 150 g/mol. The Morgan fingerprint density at radius 1 is 1.50 bits per heavy atom. The maximum absolute atomic E-state index is 3.38. The molecule has 0 saturated carbocycles. The summed E-state index contributed by atoms with van der Waals surface area (Å²) in [5.74, 6) is 1.77. The third kappa shape index (κ3) is 1.15. The summed E-state index contributed by atoms with van der Waals surface area (Å²) in [5.41, 5.74) is 1.31. The van der Waals surface area contributed by atoms with E-state index >= 15 is 0 Å². The molecule has 0 radical (unpaired) electrons. The quantitative estimate of drug-likeness (QED) is 0.601. The van der Waals surface area contributed by atoms with Crippen molar-refractivity contribution >= 4 is 0 Å². The number of hydrogen-bond acceptors (Lipinski definition) is 3. The van der Waals surface area contributed by atoms with Crippen molar-refractivity contribution in [1.82, 2.24) is 15.5 Å². The molecular formula is C9H15N3. The van der Waals surface area contributed by atoms with Gasteiger partial charge in [0.05, 0.1) is 0 Å². The Morgan fingerprint density at radius 3 is 3.00 bits per heavy atom. The van der Waals surface area contributed by atoms with E-state index < -0.39 is 0 Å². The maximum Gasteiger partial charge on any atom is 0.126 e. The first kappa shape index (κ1) is 7.53. The fourth-order valence-corrected chi connectivity index (χ4v) is 1.44. The summed E-state index contributed by atoms with van der Waals surface area (Å²) in [6.07, 6.45) is 4.24. The summed E-state index contributed by atoms with van der Waals surface area (Å²) in [7, 11) is 0. The molecule has 0 bridgehead atoms. The molecule has 0 aromatic heterocycles. The molecule has 3 heteroatoms. The van der Waals surface area contributed by atoms with Gasteiger partial charge in [0.2, 0.25) is 0 Å². The van der Waals surface area contributed by atoms with Crippen molar-refractivity contribution in [3.05, 3.63) is 23.9 Å². The van der Waals surface area contributed by atoms with Crippen LogP contribution in [0.1, 0.15) is 13.8 Å². The number of fused-ring (bicyclic) bond motifs is 1. The van der Waals surface area contributed by atoms with E-state index in [-0.39, 0.29) is 0 Å². The molecule has 3 nitrogen and oxygen atoms in total. The van der Waals surface area contributed by atoms with Crippen LogP contribution in [0.25, 0.3) is 0 Å². The Hall–Kier alpha value is -1.12. The average molecular weight is 165 g/mol. The topological polar surface area (TPSA) is 27.3 Å². The SMILES string of the molecule is CC(C)C1=CN2CCNC=C2N1. The molecule has 0 amide bonds. The molecule has 2 aliphatic rings. The highest BCUT2D eigenvalue weighted by molar-refractivity contribution is 5.22. The zero-order valence-corrected chi connectivity index (χ0v) is 7.59. The van der Waals surface area contributed by atoms with Crippen molar-refractivity contribution in [3.63, 3.8) is 0 Å². The van der Waals surface area contributed by atoms with Crippen LogP contribution in [0.4, 0.5) is 0 Å². The predicted octanol–water partition coefficient (Wildman–Crippen LogP) is 0.791. The monoisotopic (exact) mass is 165 g/mol. The van der Waals surface area contributed by atoms with E-state index in [0.717, 1.165) is 13.1 Å². The van der Waals surface area contributed by atoms with Crippen LogP contribution in [0, 0.1) is 5.92 Å². The number of nitrogens with zero attached hydrogens (tertiary/aromatic N) is 1. The Bertz CT molecular complexity index is 240. The van der Waals surface area contributed by atoms with E-state index in [1.54, 1.807) is 0 Å². The van der Waals surface area contributed by atoms with Crippen molar-refractivity contribution in [2.45, 2.75) is 13.8 Å². The van der Waals surface area contributed by atoms with Crippen LogP contribution in [0.3, 0.4) is 0 Å². The van der Waals surface area contributed by atoms with Gasteiger partial charge in [-0.2, -0.15) is 0 Å². The van der Waals surface area contributed by atoms with Crippen LogP contribution in [0.15, 0.2) is 23.9 Å². The molecule has 0 spiro atoms. The first-order chi connectivity index (χ1) is 5.77. The zero-order chi connectivity index (χ0) is 8.55. The van der Waals surface area contributed by atoms with Crippen molar-refractivity contribution in [3.8, 4) is 0 Å². The van der Waals surface area contributed by atoms with Gasteiger partial charge in [0.1, 0.15) is 5.82 Å². The summed E-state index contributed by atoms with van der Waals surface area (Å²) < 4.78 is 0. The molecule has 2 N–H and O–H groups in total. The smallest absolute Gasteiger partial charge is 0.126 e. The van der Waals surface area contributed by atoms with Gasteiger partial charge < -0.3 is 15.5 Å². The average Bonchev–Trinajstić information content (AvgIpc) is 2.46. The zero-order valence-electron chi connectivity index (χ0n) is 7.59. The second-order valence-corrected chi connectivity index (χ2v) is 3.54. The summed E-state index contributed by atoms with van der Waals surface area (Å²) in [4.78, 5) is 2.26. The van der Waals surface area contributed by atoms with E-state index in [0.29, 0.717) is 5.92 Å². The minimum Gasteiger partial charge on any atom is -0.386 e. The lowest BCUT2D eigenvalue weighted by Crippen LogP contribution is -2.33. The summed E-state index contributed by atoms with van der Waals surface area (Å²) in [6, 6.07) is 0. The van der Waals surface area contributed by atoms with Gasteiger partial charge in [0.25, 0.3) is 0 Å². The Labute approximate surface area is 73.1 Å². The number of rotatable bonds is 1. The lowest BCUT2D eigenvalue weighted by Gasteiger charge is -2.22. The van der Waals surface area contributed by atoms with Gasteiger partial charge in [-0.25, -0.2) is 0 Å². The molecule has 0 unspecified atom stereocenters. The van der Waals surface area contributed by atoms with Crippen LogP contribution >= 0.6 is 0 Å². The largest absolute Gasteiger partial charge is 0.386 e. The molecule has 0 fully saturated rings. The fraction of sp³-hybridized carbons (Fsp3) is 0.556. The number of nitrogens with one attached hydrogen (secondary N) is 2. The van der Waals surface area contributed by atoms with Gasteiger partial charge >= 0.3 is 0 Å². The first-order valence-corrected chi connectivity index (χ1v) is 4.46. The van der Waals surface area contributed by atoms with Gasteiger partial charge in [0.15, 0.2) is 0 Å². The second-order valence-electron chi connectivity index (χ2n) is 3.54. The third-order valence-electron chi connectivity index (χ3n) is 2.23. The molecule has 0 atom stereocenters. The minimum atomic E-state index is 0.580. The minimum absolute atomic E-state index is 0.580. The Kier molecular flexibility index (Phi) is 1.71. The highest BCUT2D eigenvalue weighted by atomic mass is 15.3. The van der Waals surface area contributed by atoms with Crippen LogP contribution in [-0.4, -0.2) is 18.0 Å². The molecule has 2 heterocycles. The van der Waals surface area contributed by atoms with Crippen molar-refractivity contribution < 1.29 is 0 Å². The third-order valence-corrected chi connectivity index (χ3v) is 2.23. The van der Waals surface area contributed by atoms with E-state index in [2.05, 4.69) is 35.6 Å². The maximum atomic E-state index is 3.38. The molecule has 66 valence electrons. The van der Waals surface area contributed by atoms with Crippen LogP contribution < -0.4 is 10.6 Å². The van der Waals surface area contributed by atoms with Gasteiger partial charge in [-0.05, 0) is 5.92 Å². The summed E-state index contributed by atoms with van der Waals surface area (Å²) >= 11 is 0. The van der Waals surface area contributed by atoms with E-state index in [1.807, 2.05) is 6.20 Å². The van der Waals surface area contributed by atoms with Gasteiger partial charge in [-0.15, -0.1) is 0 Å². The van der Waals surface area contributed by atoms with E-state index in [9.17, 15) is 0 Å². The molecule has 0 aromatic carbocycles. The summed E-state index contributed by atoms with van der Waals surface area (Å²) in [6.45, 7) is 6.50. The van der Waals surface area contributed by atoms with Gasteiger partial charge in [-0.3, -0.25) is 0 Å². The van der Waals surface area contributed by atoms with Crippen molar-refractivity contribution in [2.24, 2.45) is 5.92 Å². The molecule has 0 aliphatic carbocycles. The standard InChI is InChI=1S/C9H15N3/c1-7(2)8-6-12-4-3-10-5-9(12)11-8/h5-7,10-11H,3-4H2,1-2H3. The lowest BCUT2D eigenvalue weighted by molar-refractivity contribution is 0.434. The van der Waals surface area contributed by atoms with Gasteiger partial charge in [-0.1, -0.05) is 13.8 Å². The molecule has 2 rings (SSSR count). The van der Waals surface area contributed by atoms with Gasteiger partial charge in [0, 0.05) is 31.2 Å². The highest BCUT2D eigenvalue weighted by Gasteiger charge is 2.20. The second kappa shape index (κ2) is 2.73. The van der Waals surface area contributed by atoms with Crippen LogP contribution in [-0.2, 0) is 0 Å². The Balaban J connectivity index is 2.15. The predicted molar refractivity (Wildman–Crippen MR) is 48.8 cm³/mol. The van der Waals surface area contributed by atoms with Crippen LogP contribution in [0.5, 0.6) is 0 Å². The van der Waals surface area contributed by atoms with Crippen molar-refractivity contribution in [1.29, 1.82) is 0 Å². The van der Waals surface area contributed by atoms with E-state index in [4.69, 9.17) is 0 Å². The van der Waals surface area contributed by atoms with E-state index in [1.165, 1.54) is 11.5 Å². The highest BCUT2D eigenvalue weighted by Crippen LogP contribution is 2.19. The molecule has 2 aliphatic heterocycles. The number of allylic oxidation sites excluding steroid dienone is 1. The van der Waals surface area contributed by atoms with Crippen LogP contribution in [0.2, 0.25) is 0 Å². The van der Waals surface area contributed by atoms with Crippen molar-refractivity contribution in [2.75, 3.05) is 13.1 Å². The lowest BCUT2D eigenvalue weighted by atomic mass is 10.1. The number of hydrogen-bond donors (Lipinski definition) is 2. The molecule has 12 heavy (non-hydrogen) atoms. The Morgan fingerprint density at radius 2 is 2.33 bits per heavy atom. The molecule has 0 saturated heterocycles. The molecule has 0 aromatic rings. The summed E-state index contributed by atoms with van der Waals surface area (Å²) in [5, 5.41) is 6.59.